The topological polar surface area (TPSA) is 46.2 Å². The molecule has 0 bridgehead atoms. The lowest BCUT2D eigenvalue weighted by molar-refractivity contribution is -0.128. The van der Waals surface area contributed by atoms with Gasteiger partial charge in [-0.1, -0.05) is 24.3 Å². The molecule has 1 aromatic carbocycles. The minimum Gasteiger partial charge on any atom is -0.295 e. The zero-order valence-electron chi connectivity index (χ0n) is 10.6. The number of carbonyl (C=O) groups excluding carboxylic acids is 2. The molecule has 2 atom stereocenters. The van der Waals surface area contributed by atoms with Crippen molar-refractivity contribution in [1.82, 2.24) is 5.32 Å². The van der Waals surface area contributed by atoms with Crippen molar-refractivity contribution in [2.45, 2.75) is 31.6 Å². The quantitative estimate of drug-likeness (QED) is 0.832. The Kier molecular flexibility index (Phi) is 2.07. The number of imide groups is 1. The summed E-state index contributed by atoms with van der Waals surface area (Å²) in [6.45, 7) is 2.56. The van der Waals surface area contributed by atoms with Crippen LogP contribution in [-0.2, 0) is 20.9 Å². The summed E-state index contributed by atoms with van der Waals surface area (Å²) in [5, 5.41) is 2.31. The molecule has 1 aromatic rings. The fourth-order valence-electron chi connectivity index (χ4n) is 3.04. The van der Waals surface area contributed by atoms with E-state index in [1.54, 1.807) is 6.92 Å². The highest BCUT2D eigenvalue weighted by Gasteiger charge is 2.78. The van der Waals surface area contributed by atoms with Gasteiger partial charge in [0, 0.05) is 12.5 Å². The Hall–Kier alpha value is -1.78. The van der Waals surface area contributed by atoms with Gasteiger partial charge >= 0.3 is 0 Å². The molecule has 1 aliphatic carbocycles. The second kappa shape index (κ2) is 3.21. The Labute approximate surface area is 109 Å². The molecule has 2 aliphatic rings. The molecular formula is C14H13F2NO2. The van der Waals surface area contributed by atoms with Gasteiger partial charge in [-0.05, 0) is 18.9 Å². The van der Waals surface area contributed by atoms with Crippen LogP contribution in [0.25, 0.3) is 0 Å². The van der Waals surface area contributed by atoms with Crippen LogP contribution < -0.4 is 5.32 Å². The summed E-state index contributed by atoms with van der Waals surface area (Å²) < 4.78 is 26.3. The molecule has 2 amide bonds. The van der Waals surface area contributed by atoms with Crippen LogP contribution in [0.15, 0.2) is 24.3 Å². The number of amides is 2. The zero-order chi connectivity index (χ0) is 14.1. The van der Waals surface area contributed by atoms with E-state index in [-0.39, 0.29) is 17.4 Å². The number of hydrogen-bond donors (Lipinski definition) is 1. The third-order valence-electron chi connectivity index (χ3n) is 4.44. The Morgan fingerprint density at radius 3 is 2.11 bits per heavy atom. The molecule has 1 aliphatic heterocycles. The van der Waals surface area contributed by atoms with E-state index >= 15 is 0 Å². The Morgan fingerprint density at radius 1 is 1.16 bits per heavy atom. The molecule has 2 unspecified atom stereocenters. The Balaban J connectivity index is 2.01. The molecule has 5 heteroatoms. The molecular weight excluding hydrogens is 252 g/mol. The lowest BCUT2D eigenvalue weighted by atomic mass is 9.88. The van der Waals surface area contributed by atoms with Gasteiger partial charge in [0.2, 0.25) is 11.8 Å². The van der Waals surface area contributed by atoms with Gasteiger partial charge in [-0.2, -0.15) is 0 Å². The van der Waals surface area contributed by atoms with E-state index in [1.165, 1.54) is 24.3 Å². The second-order valence-electron chi connectivity index (χ2n) is 5.66. The first-order valence-electron chi connectivity index (χ1n) is 6.06. The summed E-state index contributed by atoms with van der Waals surface area (Å²) in [6.07, 6.45) is 0.451. The normalized spacial score (nSPS) is 33.1. The molecule has 100 valence electrons. The highest BCUT2D eigenvalue weighted by atomic mass is 19.3. The van der Waals surface area contributed by atoms with E-state index in [0.717, 1.165) is 6.92 Å². The van der Waals surface area contributed by atoms with Crippen molar-refractivity contribution in [2.75, 3.05) is 0 Å². The van der Waals surface area contributed by atoms with Gasteiger partial charge in [0.1, 0.15) is 0 Å². The first-order chi connectivity index (χ1) is 8.72. The standard InChI is InChI=1S/C14H13F2NO2/c1-12-7-14(12,11(19)17-10(12)18)9-5-3-8(4-6-9)13(2,15)16/h3-6H,7H2,1-2H3,(H,17,18,19). The molecule has 3 rings (SSSR count). The fourth-order valence-corrected chi connectivity index (χ4v) is 3.04. The molecule has 1 N–H and O–H groups in total. The van der Waals surface area contributed by atoms with Crippen LogP contribution in [0.4, 0.5) is 8.78 Å². The van der Waals surface area contributed by atoms with Crippen molar-refractivity contribution >= 4 is 11.8 Å². The fraction of sp³-hybridized carbons (Fsp3) is 0.429. The van der Waals surface area contributed by atoms with E-state index < -0.39 is 16.8 Å². The van der Waals surface area contributed by atoms with Crippen molar-refractivity contribution in [2.24, 2.45) is 5.41 Å². The maximum Gasteiger partial charge on any atom is 0.270 e. The molecule has 2 fully saturated rings. The van der Waals surface area contributed by atoms with Gasteiger partial charge in [0.05, 0.1) is 10.8 Å². The lowest BCUT2D eigenvalue weighted by Gasteiger charge is -2.15. The van der Waals surface area contributed by atoms with Crippen LogP contribution in [0, 0.1) is 5.41 Å². The molecule has 1 saturated carbocycles. The average molecular weight is 265 g/mol. The first kappa shape index (κ1) is 12.3. The number of fused-ring (bicyclic) bond motifs is 1. The Bertz CT molecular complexity index is 590. The maximum atomic E-state index is 13.2. The smallest absolute Gasteiger partial charge is 0.270 e. The number of nitrogens with one attached hydrogen (secondary N) is 1. The number of rotatable bonds is 2. The monoisotopic (exact) mass is 265 g/mol. The van der Waals surface area contributed by atoms with Crippen molar-refractivity contribution in [1.29, 1.82) is 0 Å². The minimum atomic E-state index is -2.91. The van der Waals surface area contributed by atoms with Crippen molar-refractivity contribution < 1.29 is 18.4 Å². The maximum absolute atomic E-state index is 13.2. The van der Waals surface area contributed by atoms with Crippen LogP contribution in [0.1, 0.15) is 31.4 Å². The predicted molar refractivity (Wildman–Crippen MR) is 63.6 cm³/mol. The van der Waals surface area contributed by atoms with E-state index in [9.17, 15) is 18.4 Å². The number of halogens is 2. The third-order valence-corrected chi connectivity index (χ3v) is 4.44. The highest BCUT2D eigenvalue weighted by molar-refractivity contribution is 6.17. The Morgan fingerprint density at radius 2 is 1.74 bits per heavy atom. The molecule has 0 aromatic heterocycles. The van der Waals surface area contributed by atoms with Crippen LogP contribution in [0.2, 0.25) is 0 Å². The van der Waals surface area contributed by atoms with Crippen molar-refractivity contribution in [3.05, 3.63) is 35.4 Å². The number of hydrogen-bond acceptors (Lipinski definition) is 2. The van der Waals surface area contributed by atoms with E-state index in [0.29, 0.717) is 12.0 Å². The second-order valence-corrected chi connectivity index (χ2v) is 5.66. The first-order valence-corrected chi connectivity index (χ1v) is 6.06. The summed E-state index contributed by atoms with van der Waals surface area (Å²) in [4.78, 5) is 23.7. The van der Waals surface area contributed by atoms with Crippen LogP contribution in [-0.4, -0.2) is 11.8 Å². The van der Waals surface area contributed by atoms with E-state index in [1.807, 2.05) is 0 Å². The predicted octanol–water partition coefficient (Wildman–Crippen LogP) is 2.10. The van der Waals surface area contributed by atoms with E-state index in [2.05, 4.69) is 5.32 Å². The summed E-state index contributed by atoms with van der Waals surface area (Å²) in [7, 11) is 0. The van der Waals surface area contributed by atoms with Gasteiger partial charge in [-0.15, -0.1) is 0 Å². The molecule has 0 spiro atoms. The molecule has 3 nitrogen and oxygen atoms in total. The number of piperidine rings is 1. The van der Waals surface area contributed by atoms with Gasteiger partial charge in [0.15, 0.2) is 0 Å². The van der Waals surface area contributed by atoms with Crippen LogP contribution in [0.3, 0.4) is 0 Å². The average Bonchev–Trinajstić information content (AvgIpc) is 2.92. The number of carbonyl (C=O) groups is 2. The van der Waals surface area contributed by atoms with Crippen LogP contribution >= 0.6 is 0 Å². The van der Waals surface area contributed by atoms with Gasteiger partial charge in [0.25, 0.3) is 5.92 Å². The van der Waals surface area contributed by atoms with Gasteiger partial charge in [-0.3, -0.25) is 14.9 Å². The molecule has 0 radical (unpaired) electrons. The van der Waals surface area contributed by atoms with Gasteiger partial charge in [-0.25, -0.2) is 8.78 Å². The van der Waals surface area contributed by atoms with E-state index in [4.69, 9.17) is 0 Å². The zero-order valence-corrected chi connectivity index (χ0v) is 10.6. The highest BCUT2D eigenvalue weighted by Crippen LogP contribution is 2.67. The third kappa shape index (κ3) is 1.35. The van der Waals surface area contributed by atoms with Crippen molar-refractivity contribution in [3.8, 4) is 0 Å². The largest absolute Gasteiger partial charge is 0.295 e. The lowest BCUT2D eigenvalue weighted by Crippen LogP contribution is -2.30. The summed E-state index contributed by atoms with van der Waals surface area (Å²) in [5.41, 5.74) is -1.04. The number of benzene rings is 1. The molecule has 1 saturated heterocycles. The SMILES string of the molecule is CC(F)(F)c1ccc(C23CC2(C)C(=O)NC3=O)cc1. The minimum absolute atomic E-state index is 0.0975. The van der Waals surface area contributed by atoms with Crippen LogP contribution in [0.5, 0.6) is 0 Å². The van der Waals surface area contributed by atoms with Gasteiger partial charge < -0.3 is 0 Å². The molecule has 19 heavy (non-hydrogen) atoms. The number of alkyl halides is 2. The molecule has 1 heterocycles. The summed E-state index contributed by atoms with van der Waals surface area (Å²) >= 11 is 0. The van der Waals surface area contributed by atoms with Crippen molar-refractivity contribution in [3.63, 3.8) is 0 Å². The summed E-state index contributed by atoms with van der Waals surface area (Å²) in [5.74, 6) is -3.50. The summed E-state index contributed by atoms with van der Waals surface area (Å²) in [6, 6.07) is 5.68.